The zero-order chi connectivity index (χ0) is 11.0. The molecule has 0 aliphatic carbocycles. The summed E-state index contributed by atoms with van der Waals surface area (Å²) in [5, 5.41) is 2.82. The zero-order valence-corrected chi connectivity index (χ0v) is 9.96. The van der Waals surface area contributed by atoms with Gasteiger partial charge in [0.15, 0.2) is 0 Å². The second-order valence-corrected chi connectivity index (χ2v) is 5.34. The van der Waals surface area contributed by atoms with Crippen LogP contribution in [0.5, 0.6) is 0 Å². The van der Waals surface area contributed by atoms with Crippen LogP contribution in [0.3, 0.4) is 0 Å². The summed E-state index contributed by atoms with van der Waals surface area (Å²) in [5.41, 5.74) is 0. The van der Waals surface area contributed by atoms with E-state index in [1.54, 1.807) is 0 Å². The van der Waals surface area contributed by atoms with Crippen LogP contribution in [-0.2, 0) is 4.57 Å². The molecular formula is C9H22NO3P. The van der Waals surface area contributed by atoms with Gasteiger partial charge in [-0.15, -0.1) is 0 Å². The largest absolute Gasteiger partial charge is 0.339 e. The minimum absolute atomic E-state index is 0.199. The first kappa shape index (κ1) is 14.1. The average molecular weight is 223 g/mol. The molecule has 0 amide bonds. The molecule has 86 valence electrons. The Bertz CT molecular complexity index is 181. The van der Waals surface area contributed by atoms with Crippen LogP contribution in [0.1, 0.15) is 39.5 Å². The van der Waals surface area contributed by atoms with Gasteiger partial charge in [-0.1, -0.05) is 33.1 Å². The monoisotopic (exact) mass is 223 g/mol. The van der Waals surface area contributed by atoms with Crippen molar-refractivity contribution in [2.45, 2.75) is 39.5 Å². The highest BCUT2D eigenvalue weighted by Gasteiger charge is 2.13. The topological polar surface area (TPSA) is 69.6 Å². The van der Waals surface area contributed by atoms with E-state index in [-0.39, 0.29) is 6.29 Å². The third kappa shape index (κ3) is 8.70. The van der Waals surface area contributed by atoms with Crippen LogP contribution in [0.25, 0.3) is 0 Å². The van der Waals surface area contributed by atoms with E-state index in [9.17, 15) is 4.57 Å². The lowest BCUT2D eigenvalue weighted by molar-refractivity contribution is 0.360. The van der Waals surface area contributed by atoms with Crippen molar-refractivity contribution in [2.24, 2.45) is 5.92 Å². The van der Waals surface area contributed by atoms with Gasteiger partial charge in [0, 0.05) is 0 Å². The predicted octanol–water partition coefficient (Wildman–Crippen LogP) is 1.93. The second-order valence-electron chi connectivity index (χ2n) is 3.69. The molecule has 0 bridgehead atoms. The van der Waals surface area contributed by atoms with E-state index < -0.39 is 7.60 Å². The molecule has 3 N–H and O–H groups in total. The molecule has 0 fully saturated rings. The quantitative estimate of drug-likeness (QED) is 0.550. The first-order valence-corrected chi connectivity index (χ1v) is 7.04. The minimum Gasteiger partial charge on any atom is -0.324 e. The molecule has 4 nitrogen and oxygen atoms in total. The minimum atomic E-state index is -3.87. The lowest BCUT2D eigenvalue weighted by Crippen LogP contribution is -2.23. The SMILES string of the molecule is CCCCC(CC)CNCP(=O)(O)O. The molecule has 0 aromatic heterocycles. The van der Waals surface area contributed by atoms with Gasteiger partial charge in [-0.05, 0) is 18.9 Å². The molecule has 0 heterocycles. The van der Waals surface area contributed by atoms with Crippen LogP contribution < -0.4 is 5.32 Å². The van der Waals surface area contributed by atoms with Gasteiger partial charge in [0.1, 0.15) is 0 Å². The third-order valence-corrected chi connectivity index (χ3v) is 2.93. The molecule has 5 heteroatoms. The standard InChI is InChI=1S/C9H22NO3P/c1-3-5-6-9(4-2)7-10-8-14(11,12)13/h9-10H,3-8H2,1-2H3,(H2,11,12,13). The number of rotatable bonds is 8. The summed E-state index contributed by atoms with van der Waals surface area (Å²) in [5.74, 6) is 0.543. The summed E-state index contributed by atoms with van der Waals surface area (Å²) < 4.78 is 10.5. The van der Waals surface area contributed by atoms with Gasteiger partial charge in [0.25, 0.3) is 0 Å². The van der Waals surface area contributed by atoms with Gasteiger partial charge >= 0.3 is 7.60 Å². The van der Waals surface area contributed by atoms with E-state index >= 15 is 0 Å². The maximum atomic E-state index is 10.5. The molecule has 1 unspecified atom stereocenters. The Hall–Kier alpha value is 0.110. The molecule has 0 aliphatic rings. The number of hydrogen-bond donors (Lipinski definition) is 3. The summed E-state index contributed by atoms with van der Waals surface area (Å²) in [6.45, 7) is 4.97. The van der Waals surface area contributed by atoms with Crippen molar-refractivity contribution in [1.82, 2.24) is 5.32 Å². The molecule has 0 saturated carbocycles. The molecule has 0 radical (unpaired) electrons. The van der Waals surface area contributed by atoms with Crippen molar-refractivity contribution < 1.29 is 14.4 Å². The number of unbranched alkanes of at least 4 members (excludes halogenated alkanes) is 1. The van der Waals surface area contributed by atoms with E-state index in [4.69, 9.17) is 9.79 Å². The van der Waals surface area contributed by atoms with Crippen molar-refractivity contribution >= 4 is 7.60 Å². The average Bonchev–Trinajstić information content (AvgIpc) is 2.09. The normalized spacial score (nSPS) is 14.3. The van der Waals surface area contributed by atoms with E-state index in [1.165, 1.54) is 12.8 Å². The molecule has 14 heavy (non-hydrogen) atoms. The first-order chi connectivity index (χ1) is 6.49. The van der Waals surface area contributed by atoms with Crippen molar-refractivity contribution in [3.05, 3.63) is 0 Å². The van der Waals surface area contributed by atoms with Crippen molar-refractivity contribution in [2.75, 3.05) is 12.8 Å². The van der Waals surface area contributed by atoms with E-state index in [0.29, 0.717) is 12.5 Å². The fourth-order valence-electron chi connectivity index (χ4n) is 1.36. The number of hydrogen-bond acceptors (Lipinski definition) is 2. The Morgan fingerprint density at radius 2 is 2.00 bits per heavy atom. The van der Waals surface area contributed by atoms with Crippen LogP contribution in [0, 0.1) is 5.92 Å². The zero-order valence-electron chi connectivity index (χ0n) is 9.07. The first-order valence-electron chi connectivity index (χ1n) is 5.24. The molecule has 0 saturated heterocycles. The Kier molecular flexibility index (Phi) is 7.47. The van der Waals surface area contributed by atoms with E-state index in [2.05, 4.69) is 19.2 Å². The molecule has 0 aliphatic heterocycles. The van der Waals surface area contributed by atoms with Crippen LogP contribution in [-0.4, -0.2) is 22.6 Å². The van der Waals surface area contributed by atoms with Crippen molar-refractivity contribution in [3.8, 4) is 0 Å². The van der Waals surface area contributed by atoms with E-state index in [1.807, 2.05) is 0 Å². The Morgan fingerprint density at radius 1 is 1.36 bits per heavy atom. The van der Waals surface area contributed by atoms with Gasteiger partial charge in [0.05, 0.1) is 6.29 Å². The molecule has 1 atom stereocenters. The Morgan fingerprint density at radius 3 is 2.43 bits per heavy atom. The fraction of sp³-hybridized carbons (Fsp3) is 1.00. The molecule has 0 rings (SSSR count). The van der Waals surface area contributed by atoms with Crippen molar-refractivity contribution in [1.29, 1.82) is 0 Å². The summed E-state index contributed by atoms with van der Waals surface area (Å²) >= 11 is 0. The van der Waals surface area contributed by atoms with E-state index in [0.717, 1.165) is 12.8 Å². The Labute approximate surface area is 86.3 Å². The maximum Gasteiger partial charge on any atom is 0.339 e. The van der Waals surface area contributed by atoms with Crippen LogP contribution in [0.4, 0.5) is 0 Å². The predicted molar refractivity (Wildman–Crippen MR) is 58.2 cm³/mol. The molecule has 0 aromatic rings. The summed E-state index contributed by atoms with van der Waals surface area (Å²) in [7, 11) is -3.87. The third-order valence-electron chi connectivity index (χ3n) is 2.29. The summed E-state index contributed by atoms with van der Waals surface area (Å²) in [6, 6.07) is 0. The maximum absolute atomic E-state index is 10.5. The highest BCUT2D eigenvalue weighted by molar-refractivity contribution is 7.51. The summed E-state index contributed by atoms with van der Waals surface area (Å²) in [4.78, 5) is 17.3. The van der Waals surface area contributed by atoms with Gasteiger partial charge in [-0.3, -0.25) is 4.57 Å². The second kappa shape index (κ2) is 7.41. The smallest absolute Gasteiger partial charge is 0.324 e. The van der Waals surface area contributed by atoms with Crippen LogP contribution >= 0.6 is 7.60 Å². The summed E-state index contributed by atoms with van der Waals surface area (Å²) in [6.07, 6.45) is 4.37. The molecule has 0 spiro atoms. The Balaban J connectivity index is 3.57. The molecule has 0 aromatic carbocycles. The fourth-order valence-corrected chi connectivity index (χ4v) is 1.78. The molecular weight excluding hydrogens is 201 g/mol. The van der Waals surface area contributed by atoms with Crippen molar-refractivity contribution in [3.63, 3.8) is 0 Å². The van der Waals surface area contributed by atoms with Gasteiger partial charge in [-0.25, -0.2) is 0 Å². The highest BCUT2D eigenvalue weighted by Crippen LogP contribution is 2.32. The van der Waals surface area contributed by atoms with Crippen LogP contribution in [0.2, 0.25) is 0 Å². The van der Waals surface area contributed by atoms with Gasteiger partial charge in [-0.2, -0.15) is 0 Å². The highest BCUT2D eigenvalue weighted by atomic mass is 31.2. The lowest BCUT2D eigenvalue weighted by atomic mass is 10.00. The number of nitrogens with one attached hydrogen (secondary N) is 1. The van der Waals surface area contributed by atoms with Crippen LogP contribution in [0.15, 0.2) is 0 Å². The van der Waals surface area contributed by atoms with Gasteiger partial charge in [0.2, 0.25) is 0 Å². The van der Waals surface area contributed by atoms with Gasteiger partial charge < -0.3 is 15.1 Å². The lowest BCUT2D eigenvalue weighted by Gasteiger charge is -2.15.